The Hall–Kier alpha value is -2.31. The average molecular weight is 388 g/mol. The van der Waals surface area contributed by atoms with Crippen LogP contribution in [0.4, 0.5) is 4.39 Å². The van der Waals surface area contributed by atoms with Crippen LogP contribution < -0.4 is 5.32 Å². The van der Waals surface area contributed by atoms with E-state index in [0.29, 0.717) is 12.8 Å². The van der Waals surface area contributed by atoms with E-state index in [2.05, 4.69) is 5.32 Å². The molecular formula is C20H18FNO2S2. The van der Waals surface area contributed by atoms with Gasteiger partial charge in [0.05, 0.1) is 10.9 Å². The molecule has 1 aromatic carbocycles. The monoisotopic (exact) mass is 387 g/mol. The van der Waals surface area contributed by atoms with E-state index in [4.69, 9.17) is 0 Å². The fourth-order valence-corrected chi connectivity index (χ4v) is 4.13. The van der Waals surface area contributed by atoms with Crippen LogP contribution in [0.5, 0.6) is 0 Å². The molecule has 2 heterocycles. The summed E-state index contributed by atoms with van der Waals surface area (Å²) in [4.78, 5) is 26.1. The number of hydrogen-bond acceptors (Lipinski definition) is 4. The topological polar surface area (TPSA) is 46.2 Å². The molecule has 0 bridgehead atoms. The van der Waals surface area contributed by atoms with Crippen LogP contribution in [-0.2, 0) is 4.79 Å². The van der Waals surface area contributed by atoms with Crippen molar-refractivity contribution in [2.45, 2.75) is 25.3 Å². The van der Waals surface area contributed by atoms with Gasteiger partial charge in [0.2, 0.25) is 5.91 Å². The SMILES string of the molecule is O=C(CCCC(=O)c1cccs1)N[C@@H](c1ccc(F)cc1)c1cccs1. The van der Waals surface area contributed by atoms with E-state index < -0.39 is 0 Å². The molecule has 0 saturated carbocycles. The predicted octanol–water partition coefficient (Wildman–Crippen LogP) is 5.21. The highest BCUT2D eigenvalue weighted by atomic mass is 32.1. The third-order valence-electron chi connectivity index (χ3n) is 3.94. The molecular weight excluding hydrogens is 369 g/mol. The molecule has 26 heavy (non-hydrogen) atoms. The quantitative estimate of drug-likeness (QED) is 0.540. The largest absolute Gasteiger partial charge is 0.344 e. The van der Waals surface area contributed by atoms with Crippen LogP contribution >= 0.6 is 22.7 Å². The summed E-state index contributed by atoms with van der Waals surface area (Å²) in [6.07, 6.45) is 1.14. The maximum atomic E-state index is 13.2. The number of thiophene rings is 2. The second-order valence-corrected chi connectivity index (χ2v) is 7.75. The molecule has 1 amide bonds. The van der Waals surface area contributed by atoms with Crippen molar-refractivity contribution in [2.75, 3.05) is 0 Å². The number of amides is 1. The zero-order chi connectivity index (χ0) is 18.4. The number of carbonyl (C=O) groups excluding carboxylic acids is 2. The van der Waals surface area contributed by atoms with Crippen LogP contribution in [0.15, 0.2) is 59.3 Å². The Morgan fingerprint density at radius 2 is 1.69 bits per heavy atom. The number of nitrogens with one attached hydrogen (secondary N) is 1. The fourth-order valence-electron chi connectivity index (χ4n) is 2.63. The van der Waals surface area contributed by atoms with Gasteiger partial charge in [0.15, 0.2) is 5.78 Å². The lowest BCUT2D eigenvalue weighted by Gasteiger charge is -2.18. The highest BCUT2D eigenvalue weighted by molar-refractivity contribution is 7.12. The van der Waals surface area contributed by atoms with Gasteiger partial charge in [-0.3, -0.25) is 9.59 Å². The molecule has 0 unspecified atom stereocenters. The minimum absolute atomic E-state index is 0.0705. The molecule has 0 fully saturated rings. The van der Waals surface area contributed by atoms with E-state index in [9.17, 15) is 14.0 Å². The molecule has 1 atom stereocenters. The molecule has 0 aliphatic heterocycles. The lowest BCUT2D eigenvalue weighted by molar-refractivity contribution is -0.121. The first-order valence-corrected chi connectivity index (χ1v) is 10.0. The average Bonchev–Trinajstić information content (AvgIpc) is 3.34. The summed E-state index contributed by atoms with van der Waals surface area (Å²) in [5.74, 6) is -0.357. The van der Waals surface area contributed by atoms with Crippen LogP contribution in [0.2, 0.25) is 0 Å². The van der Waals surface area contributed by atoms with Gasteiger partial charge in [-0.05, 0) is 47.0 Å². The molecule has 0 radical (unpaired) electrons. The first-order valence-electron chi connectivity index (χ1n) is 8.28. The summed E-state index contributed by atoms with van der Waals surface area (Å²) in [5.41, 5.74) is 0.830. The lowest BCUT2D eigenvalue weighted by Crippen LogP contribution is -2.28. The van der Waals surface area contributed by atoms with Gasteiger partial charge < -0.3 is 5.32 Å². The number of halogens is 1. The number of carbonyl (C=O) groups is 2. The standard InChI is InChI=1S/C20H18FNO2S2/c21-15-10-8-14(9-11-15)20(18-6-3-13-26-18)22-19(24)7-1-4-16(23)17-5-2-12-25-17/h2-3,5-6,8-13,20H,1,4,7H2,(H,22,24)/t20-/m0/s1. The first kappa shape index (κ1) is 18.5. The zero-order valence-electron chi connectivity index (χ0n) is 14.0. The van der Waals surface area contributed by atoms with Gasteiger partial charge in [0.25, 0.3) is 0 Å². The normalized spacial score (nSPS) is 11.9. The zero-order valence-corrected chi connectivity index (χ0v) is 15.6. The second-order valence-electron chi connectivity index (χ2n) is 5.82. The van der Waals surface area contributed by atoms with Gasteiger partial charge in [-0.2, -0.15) is 0 Å². The Morgan fingerprint density at radius 3 is 2.35 bits per heavy atom. The number of benzene rings is 1. The molecule has 0 saturated heterocycles. The molecule has 0 aliphatic rings. The van der Waals surface area contributed by atoms with Crippen LogP contribution in [0.1, 0.15) is 45.4 Å². The lowest BCUT2D eigenvalue weighted by atomic mass is 10.0. The summed E-state index contributed by atoms with van der Waals surface area (Å²) in [7, 11) is 0. The molecule has 2 aromatic heterocycles. The van der Waals surface area contributed by atoms with Crippen molar-refractivity contribution in [3.05, 3.63) is 80.4 Å². The van der Waals surface area contributed by atoms with E-state index in [1.807, 2.05) is 29.0 Å². The summed E-state index contributed by atoms with van der Waals surface area (Å²) >= 11 is 2.96. The molecule has 6 heteroatoms. The van der Waals surface area contributed by atoms with Gasteiger partial charge in [-0.1, -0.05) is 24.3 Å². The molecule has 3 aromatic rings. The van der Waals surface area contributed by atoms with Crippen molar-refractivity contribution in [3.8, 4) is 0 Å². The Labute approximate surface area is 159 Å². The van der Waals surface area contributed by atoms with Gasteiger partial charge in [-0.25, -0.2) is 4.39 Å². The van der Waals surface area contributed by atoms with Gasteiger partial charge in [0.1, 0.15) is 5.82 Å². The molecule has 3 rings (SSSR count). The number of Topliss-reactive ketones (excluding diaryl/α,β-unsaturated/α-hetero) is 1. The van der Waals surface area contributed by atoms with E-state index in [1.54, 1.807) is 18.2 Å². The number of hydrogen-bond donors (Lipinski definition) is 1. The van der Waals surface area contributed by atoms with Crippen molar-refractivity contribution < 1.29 is 14.0 Å². The van der Waals surface area contributed by atoms with Crippen LogP contribution in [0.25, 0.3) is 0 Å². The highest BCUT2D eigenvalue weighted by Gasteiger charge is 2.18. The third-order valence-corrected chi connectivity index (χ3v) is 5.79. The summed E-state index contributed by atoms with van der Waals surface area (Å²) in [5, 5.41) is 6.82. The maximum Gasteiger partial charge on any atom is 0.220 e. The van der Waals surface area contributed by atoms with Crippen LogP contribution in [0, 0.1) is 5.82 Å². The van der Waals surface area contributed by atoms with Crippen molar-refractivity contribution >= 4 is 34.4 Å². The maximum absolute atomic E-state index is 13.2. The molecule has 134 valence electrons. The van der Waals surface area contributed by atoms with Gasteiger partial charge >= 0.3 is 0 Å². The van der Waals surface area contributed by atoms with E-state index >= 15 is 0 Å². The Balaban J connectivity index is 1.59. The second kappa shape index (κ2) is 8.87. The molecule has 0 aliphatic carbocycles. The van der Waals surface area contributed by atoms with E-state index in [-0.39, 0.29) is 30.0 Å². The van der Waals surface area contributed by atoms with Crippen LogP contribution in [-0.4, -0.2) is 11.7 Å². The van der Waals surface area contributed by atoms with Crippen molar-refractivity contribution in [2.24, 2.45) is 0 Å². The number of rotatable bonds is 8. The highest BCUT2D eigenvalue weighted by Crippen LogP contribution is 2.26. The molecule has 0 spiro atoms. The Kier molecular flexibility index (Phi) is 6.30. The molecule has 3 nitrogen and oxygen atoms in total. The molecule has 1 N–H and O–H groups in total. The van der Waals surface area contributed by atoms with Gasteiger partial charge in [0, 0.05) is 17.7 Å². The van der Waals surface area contributed by atoms with Crippen LogP contribution in [0.3, 0.4) is 0 Å². The number of ketones is 1. The Morgan fingerprint density at radius 1 is 0.962 bits per heavy atom. The fraction of sp³-hybridized carbons (Fsp3) is 0.200. The predicted molar refractivity (Wildman–Crippen MR) is 103 cm³/mol. The minimum atomic E-state index is -0.309. The smallest absolute Gasteiger partial charge is 0.220 e. The third kappa shape index (κ3) is 4.86. The summed E-state index contributed by atoms with van der Waals surface area (Å²) < 4.78 is 13.2. The van der Waals surface area contributed by atoms with E-state index in [0.717, 1.165) is 15.3 Å². The summed E-state index contributed by atoms with van der Waals surface area (Å²) in [6, 6.07) is 13.3. The van der Waals surface area contributed by atoms with Crippen molar-refractivity contribution in [1.82, 2.24) is 5.32 Å². The van der Waals surface area contributed by atoms with E-state index in [1.165, 1.54) is 34.8 Å². The van der Waals surface area contributed by atoms with Crippen molar-refractivity contribution in [3.63, 3.8) is 0 Å². The van der Waals surface area contributed by atoms with Crippen molar-refractivity contribution in [1.29, 1.82) is 0 Å². The minimum Gasteiger partial charge on any atom is -0.344 e. The summed E-state index contributed by atoms with van der Waals surface area (Å²) in [6.45, 7) is 0. The van der Waals surface area contributed by atoms with Gasteiger partial charge in [-0.15, -0.1) is 22.7 Å². The first-order chi connectivity index (χ1) is 12.6. The Bertz CT molecular complexity index is 843.